The number of sulfone groups is 2. The summed E-state index contributed by atoms with van der Waals surface area (Å²) in [5, 5.41) is 5.30. The summed E-state index contributed by atoms with van der Waals surface area (Å²) in [6.45, 7) is 6.99. The molecule has 2 radical (unpaired) electrons. The van der Waals surface area contributed by atoms with Gasteiger partial charge in [-0.3, -0.25) is 4.43 Å². The van der Waals surface area contributed by atoms with Gasteiger partial charge in [-0.05, 0) is 42.5 Å². The van der Waals surface area contributed by atoms with Gasteiger partial charge in [0.2, 0.25) is 10.0 Å². The summed E-state index contributed by atoms with van der Waals surface area (Å²) in [7, 11) is -10.6. The van der Waals surface area contributed by atoms with Crippen LogP contribution in [0.5, 0.6) is 0 Å². The van der Waals surface area contributed by atoms with E-state index in [2.05, 4.69) is 29.5 Å². The van der Waals surface area contributed by atoms with Crippen LogP contribution in [0.25, 0.3) is 0 Å². The van der Waals surface area contributed by atoms with Gasteiger partial charge in [0.05, 0.1) is 14.8 Å². The van der Waals surface area contributed by atoms with E-state index in [1.165, 1.54) is 24.3 Å². The summed E-state index contributed by atoms with van der Waals surface area (Å²) in [6, 6.07) is 9.40. The quantitative estimate of drug-likeness (QED) is 0.362. The molecule has 0 aromatic heterocycles. The van der Waals surface area contributed by atoms with E-state index in [0.717, 1.165) is 18.6 Å². The second kappa shape index (κ2) is 18.9. The zero-order chi connectivity index (χ0) is 25.0. The van der Waals surface area contributed by atoms with Crippen molar-refractivity contribution in [1.82, 2.24) is 0 Å². The molecule has 0 fully saturated rings. The maximum Gasteiger partial charge on any atom is 0.239 e. The SMILES string of the molecule is CS(=O)(=O)c1ccc(Cl)c(S(N)(=O)=O)c1.CS(=O)(=O)c1ccc(Cl)cc1.C[CH-]I.[CH2-]C.[V].[V]. The van der Waals surface area contributed by atoms with Crippen molar-refractivity contribution in [3.8, 4) is 0 Å². The van der Waals surface area contributed by atoms with Crippen LogP contribution < -0.4 is 5.14 Å². The van der Waals surface area contributed by atoms with E-state index in [1.807, 2.05) is 11.4 Å². The van der Waals surface area contributed by atoms with Crippen molar-refractivity contribution in [3.63, 3.8) is 0 Å². The van der Waals surface area contributed by atoms with Crippen LogP contribution in [0.1, 0.15) is 13.8 Å². The molecule has 15 heteroatoms. The number of hydrogen-bond donors (Lipinski definition) is 1. The first-order chi connectivity index (χ1) is 14.0. The van der Waals surface area contributed by atoms with Gasteiger partial charge in [0, 0.05) is 54.6 Å². The predicted molar refractivity (Wildman–Crippen MR) is 136 cm³/mol. The van der Waals surface area contributed by atoms with Crippen molar-refractivity contribution >= 4 is 75.5 Å². The Morgan fingerprint density at radius 3 is 1.45 bits per heavy atom. The third-order valence-electron chi connectivity index (χ3n) is 2.88. The van der Waals surface area contributed by atoms with Gasteiger partial charge in [0.15, 0.2) is 19.7 Å². The number of hydrogen-bond acceptors (Lipinski definition) is 6. The molecule has 2 aromatic rings. The Kier molecular flexibility index (Phi) is 23.4. The van der Waals surface area contributed by atoms with Gasteiger partial charge in [-0.1, -0.05) is 23.2 Å². The minimum atomic E-state index is -4.01. The maximum atomic E-state index is 11.1. The summed E-state index contributed by atoms with van der Waals surface area (Å²) >= 11 is 13.3. The molecule has 0 saturated carbocycles. The fraction of sp³-hybridized carbons (Fsp3) is 0.222. The Hall–Kier alpha value is 0.729. The second-order valence-corrected chi connectivity index (χ2v) is 13.0. The molecule has 2 aromatic carbocycles. The zero-order valence-corrected chi connectivity index (χ0v) is 27.0. The van der Waals surface area contributed by atoms with E-state index in [1.54, 1.807) is 19.1 Å². The normalized spacial score (nSPS) is 10.3. The minimum absolute atomic E-state index is 0. The molecule has 2 rings (SSSR count). The van der Waals surface area contributed by atoms with Gasteiger partial charge in [0.1, 0.15) is 4.90 Å². The molecule has 0 saturated heterocycles. The molecule has 188 valence electrons. The van der Waals surface area contributed by atoms with Crippen molar-refractivity contribution in [2.45, 2.75) is 28.5 Å². The van der Waals surface area contributed by atoms with Crippen molar-refractivity contribution in [1.29, 1.82) is 0 Å². The molecule has 0 spiro atoms. The number of halogens is 3. The Bertz CT molecular complexity index is 1150. The molecule has 33 heavy (non-hydrogen) atoms. The van der Waals surface area contributed by atoms with Gasteiger partial charge < -0.3 is 29.5 Å². The van der Waals surface area contributed by atoms with Crippen LogP contribution in [-0.4, -0.2) is 37.8 Å². The van der Waals surface area contributed by atoms with E-state index < -0.39 is 34.6 Å². The van der Waals surface area contributed by atoms with Crippen LogP contribution >= 0.6 is 45.8 Å². The van der Waals surface area contributed by atoms with Gasteiger partial charge in [0.25, 0.3) is 0 Å². The largest absolute Gasteiger partial charge is 0.346 e. The third kappa shape index (κ3) is 17.7. The summed E-state index contributed by atoms with van der Waals surface area (Å²) in [5.74, 6) is 0. The predicted octanol–water partition coefficient (Wildman–Crippen LogP) is 4.57. The molecule has 0 aliphatic rings. The first kappa shape index (κ1) is 40.9. The van der Waals surface area contributed by atoms with Gasteiger partial charge in [-0.15, -0.1) is 0 Å². The first-order valence-electron chi connectivity index (χ1n) is 8.10. The molecular weight excluding hydrogens is 722 g/mol. The molecule has 0 amide bonds. The first-order valence-corrected chi connectivity index (χ1v) is 15.4. The van der Waals surface area contributed by atoms with Crippen molar-refractivity contribution in [3.05, 3.63) is 63.9 Å². The van der Waals surface area contributed by atoms with E-state index in [9.17, 15) is 25.3 Å². The van der Waals surface area contributed by atoms with Crippen molar-refractivity contribution < 1.29 is 62.4 Å². The Morgan fingerprint density at radius 2 is 1.15 bits per heavy atom. The zero-order valence-electron chi connectivity index (χ0n) is 18.1. The molecule has 0 bridgehead atoms. The fourth-order valence-electron chi connectivity index (χ4n) is 1.61. The molecule has 2 N–H and O–H groups in total. The number of nitrogens with two attached hydrogens (primary N) is 1. The molecule has 0 unspecified atom stereocenters. The fourth-order valence-corrected chi connectivity index (χ4v) is 4.16. The smallest absolute Gasteiger partial charge is 0.239 e. The molecule has 7 nitrogen and oxygen atoms in total. The molecule has 0 aliphatic heterocycles. The Morgan fingerprint density at radius 1 is 0.818 bits per heavy atom. The van der Waals surface area contributed by atoms with E-state index in [4.69, 9.17) is 28.3 Å². The number of benzene rings is 2. The van der Waals surface area contributed by atoms with E-state index in [-0.39, 0.29) is 47.0 Å². The molecular formula is C18H24Cl2INO6S3V2-2. The molecule has 0 aliphatic carbocycles. The summed E-state index contributed by atoms with van der Waals surface area (Å²) < 4.78 is 68.1. The van der Waals surface area contributed by atoms with Crippen LogP contribution in [0.15, 0.2) is 57.2 Å². The monoisotopic (exact) mass is 745 g/mol. The Balaban J connectivity index is -0.000000208. The Labute approximate surface area is 245 Å². The third-order valence-corrected chi connectivity index (χ3v) is 6.76. The summed E-state index contributed by atoms with van der Waals surface area (Å²) in [4.78, 5) is -0.245. The van der Waals surface area contributed by atoms with E-state index >= 15 is 0 Å². The van der Waals surface area contributed by atoms with Gasteiger partial charge >= 0.3 is 0 Å². The standard InChI is InChI=1S/C7H8ClNO4S2.C7H7ClO2S.C2H4I.C2H5.2V/c1-14(10,11)5-2-3-6(8)7(4-5)15(9,12)13;1-11(9,10)7-4-2-6(8)3-5-7;1-2-3;1-2;;/h2-4H,1H3,(H2,9,12,13);2-5H,1H3;2H,1H3;1H2,2H3;;/q;;2*-1;;. The molecule has 0 heterocycles. The average Bonchev–Trinajstić information content (AvgIpc) is 2.62. The summed E-state index contributed by atoms with van der Waals surface area (Å²) in [5.41, 5.74) is 0. The maximum absolute atomic E-state index is 11.1. The second-order valence-electron chi connectivity index (χ2n) is 5.35. The van der Waals surface area contributed by atoms with Crippen molar-refractivity contribution in [2.24, 2.45) is 5.14 Å². The van der Waals surface area contributed by atoms with Crippen molar-refractivity contribution in [2.75, 3.05) is 12.5 Å². The minimum Gasteiger partial charge on any atom is -0.346 e. The topological polar surface area (TPSA) is 128 Å². The van der Waals surface area contributed by atoms with Crippen LogP contribution in [0.3, 0.4) is 0 Å². The number of sulfonamides is 1. The van der Waals surface area contributed by atoms with Crippen LogP contribution in [0.2, 0.25) is 10.0 Å². The van der Waals surface area contributed by atoms with Gasteiger partial charge in [-0.25, -0.2) is 30.4 Å². The molecule has 0 atom stereocenters. The van der Waals surface area contributed by atoms with Crippen LogP contribution in [-0.2, 0) is 66.8 Å². The van der Waals surface area contributed by atoms with Crippen LogP contribution in [0.4, 0.5) is 0 Å². The average molecular weight is 746 g/mol. The van der Waals surface area contributed by atoms with E-state index in [0.29, 0.717) is 9.92 Å². The van der Waals surface area contributed by atoms with Crippen LogP contribution in [0, 0.1) is 11.4 Å². The number of primary sulfonamides is 1. The van der Waals surface area contributed by atoms with Gasteiger partial charge in [-0.2, -0.15) is 13.8 Å². The summed E-state index contributed by atoms with van der Waals surface area (Å²) in [6.07, 6.45) is 2.12. The number of rotatable bonds is 3.